The van der Waals surface area contributed by atoms with Crippen molar-refractivity contribution in [2.75, 3.05) is 5.01 Å². The van der Waals surface area contributed by atoms with Crippen LogP contribution in [0.2, 0.25) is 10.0 Å². The lowest BCUT2D eigenvalue weighted by molar-refractivity contribution is 0.475. The third kappa shape index (κ3) is 3.86. The average Bonchev–Trinajstić information content (AvgIpc) is 2.68. The molecular weight excluding hydrogens is 411 g/mol. The SMILES string of the molecule is CCC1=NN(c2c(O)cc(Cl)cc2Cl)c2nc(Cc3ccccc3)[nH]c(=O)c2C1. The summed E-state index contributed by atoms with van der Waals surface area (Å²) in [5.74, 6) is 0.724. The first-order chi connectivity index (χ1) is 14.0. The summed E-state index contributed by atoms with van der Waals surface area (Å²) in [6.07, 6.45) is 1.50. The predicted molar refractivity (Wildman–Crippen MR) is 116 cm³/mol. The third-order valence-corrected chi connectivity index (χ3v) is 5.21. The molecule has 2 aromatic carbocycles. The first-order valence-corrected chi connectivity index (χ1v) is 9.92. The lowest BCUT2D eigenvalue weighted by Crippen LogP contribution is -2.30. The van der Waals surface area contributed by atoms with Gasteiger partial charge in [-0.25, -0.2) is 9.99 Å². The Labute approximate surface area is 177 Å². The van der Waals surface area contributed by atoms with E-state index in [0.29, 0.717) is 41.5 Å². The Morgan fingerprint density at radius 3 is 2.66 bits per heavy atom. The molecule has 1 aliphatic heterocycles. The minimum Gasteiger partial charge on any atom is -0.506 e. The fraction of sp³-hybridized carbons (Fsp3) is 0.190. The molecule has 2 N–H and O–H groups in total. The number of aromatic amines is 1. The van der Waals surface area contributed by atoms with Gasteiger partial charge in [0, 0.05) is 29.6 Å². The molecule has 0 amide bonds. The molecular formula is C21H18Cl2N4O2. The van der Waals surface area contributed by atoms with Crippen LogP contribution in [0.25, 0.3) is 0 Å². The number of hydrogen-bond acceptors (Lipinski definition) is 5. The molecule has 2 heterocycles. The van der Waals surface area contributed by atoms with E-state index in [9.17, 15) is 9.90 Å². The number of H-pyrrole nitrogens is 1. The standard InChI is InChI=1S/C21H18Cl2N4O2/c1-2-14-11-15-20(27(26-14)19-16(23)9-13(22)10-17(19)28)24-18(25-21(15)29)8-12-6-4-3-5-7-12/h3-7,9-10,28H,2,8,11H2,1H3,(H,24,25,29). The van der Waals surface area contributed by atoms with Crippen molar-refractivity contribution in [3.63, 3.8) is 0 Å². The quantitative estimate of drug-likeness (QED) is 0.622. The fourth-order valence-corrected chi connectivity index (χ4v) is 3.84. The number of hydrogen-bond donors (Lipinski definition) is 2. The fourth-order valence-electron chi connectivity index (χ4n) is 3.28. The van der Waals surface area contributed by atoms with Crippen LogP contribution in [0.5, 0.6) is 5.75 Å². The molecule has 0 spiro atoms. The number of anilines is 2. The van der Waals surface area contributed by atoms with E-state index in [0.717, 1.165) is 11.3 Å². The molecule has 0 aliphatic carbocycles. The number of aromatic hydroxyl groups is 1. The lowest BCUT2D eigenvalue weighted by atomic mass is 10.1. The molecule has 8 heteroatoms. The highest BCUT2D eigenvalue weighted by Crippen LogP contribution is 2.42. The largest absolute Gasteiger partial charge is 0.506 e. The van der Waals surface area contributed by atoms with Gasteiger partial charge in [0.25, 0.3) is 5.56 Å². The summed E-state index contributed by atoms with van der Waals surface area (Å²) in [5, 5.41) is 17.0. The van der Waals surface area contributed by atoms with E-state index < -0.39 is 0 Å². The highest BCUT2D eigenvalue weighted by atomic mass is 35.5. The first kappa shape index (κ1) is 19.5. The lowest BCUT2D eigenvalue weighted by Gasteiger charge is -2.27. The van der Waals surface area contributed by atoms with Crippen LogP contribution < -0.4 is 10.6 Å². The maximum atomic E-state index is 12.8. The summed E-state index contributed by atoms with van der Waals surface area (Å²) in [5.41, 5.74) is 2.30. The maximum absolute atomic E-state index is 12.8. The monoisotopic (exact) mass is 428 g/mol. The van der Waals surface area contributed by atoms with Crippen molar-refractivity contribution in [2.45, 2.75) is 26.2 Å². The zero-order chi connectivity index (χ0) is 20.5. The molecule has 29 heavy (non-hydrogen) atoms. The second-order valence-corrected chi connectivity index (χ2v) is 7.58. The Morgan fingerprint density at radius 1 is 1.21 bits per heavy atom. The van der Waals surface area contributed by atoms with Crippen molar-refractivity contribution < 1.29 is 5.11 Å². The molecule has 3 aromatic rings. The topological polar surface area (TPSA) is 81.6 Å². The summed E-state index contributed by atoms with van der Waals surface area (Å²) < 4.78 is 0. The van der Waals surface area contributed by atoms with Crippen LogP contribution in [0.4, 0.5) is 11.5 Å². The zero-order valence-electron chi connectivity index (χ0n) is 15.6. The molecule has 4 rings (SSSR count). The minimum atomic E-state index is -0.226. The predicted octanol–water partition coefficient (Wildman–Crippen LogP) is 4.83. The van der Waals surface area contributed by atoms with E-state index in [4.69, 9.17) is 23.2 Å². The van der Waals surface area contributed by atoms with Crippen LogP contribution in [0, 0.1) is 0 Å². The summed E-state index contributed by atoms with van der Waals surface area (Å²) in [6.45, 7) is 1.96. The number of nitrogens with one attached hydrogen (secondary N) is 1. The molecule has 6 nitrogen and oxygen atoms in total. The number of aromatic nitrogens is 2. The maximum Gasteiger partial charge on any atom is 0.256 e. The molecule has 148 valence electrons. The number of benzene rings is 2. The molecule has 1 aliphatic rings. The Hall–Kier alpha value is -2.83. The average molecular weight is 429 g/mol. The number of hydrazone groups is 1. The van der Waals surface area contributed by atoms with Gasteiger partial charge in [0.05, 0.1) is 10.6 Å². The molecule has 0 bridgehead atoms. The summed E-state index contributed by atoms with van der Waals surface area (Å²) in [6, 6.07) is 12.6. The Balaban J connectivity index is 1.87. The number of phenolic OH excluding ortho intramolecular Hbond substituents is 1. The summed E-state index contributed by atoms with van der Waals surface area (Å²) in [4.78, 5) is 20.4. The third-order valence-electron chi connectivity index (χ3n) is 4.71. The van der Waals surface area contributed by atoms with Crippen molar-refractivity contribution in [2.24, 2.45) is 5.10 Å². The Kier molecular flexibility index (Phi) is 5.30. The smallest absolute Gasteiger partial charge is 0.256 e. The second-order valence-electron chi connectivity index (χ2n) is 6.74. The second kappa shape index (κ2) is 7.89. The number of phenols is 1. The van der Waals surface area contributed by atoms with Crippen LogP contribution in [-0.4, -0.2) is 20.8 Å². The van der Waals surface area contributed by atoms with Gasteiger partial charge in [0.15, 0.2) is 5.82 Å². The van der Waals surface area contributed by atoms with Crippen molar-refractivity contribution in [1.29, 1.82) is 0 Å². The highest BCUT2D eigenvalue weighted by molar-refractivity contribution is 6.37. The molecule has 1 aromatic heterocycles. The van der Waals surface area contributed by atoms with Crippen LogP contribution in [0.1, 0.15) is 30.3 Å². The molecule has 0 unspecified atom stereocenters. The molecule has 0 atom stereocenters. The molecule has 0 fully saturated rings. The van der Waals surface area contributed by atoms with E-state index in [1.807, 2.05) is 37.3 Å². The van der Waals surface area contributed by atoms with Crippen LogP contribution in [-0.2, 0) is 12.8 Å². The van der Waals surface area contributed by atoms with E-state index >= 15 is 0 Å². The van der Waals surface area contributed by atoms with E-state index in [2.05, 4.69) is 15.1 Å². The van der Waals surface area contributed by atoms with Gasteiger partial charge < -0.3 is 10.1 Å². The molecule has 0 saturated carbocycles. The van der Waals surface area contributed by atoms with Gasteiger partial charge in [-0.15, -0.1) is 0 Å². The van der Waals surface area contributed by atoms with Crippen LogP contribution in [0.15, 0.2) is 52.4 Å². The molecule has 0 radical (unpaired) electrons. The normalized spacial score (nSPS) is 13.2. The van der Waals surface area contributed by atoms with E-state index in [1.165, 1.54) is 17.1 Å². The van der Waals surface area contributed by atoms with Crippen molar-refractivity contribution in [3.05, 3.63) is 79.8 Å². The van der Waals surface area contributed by atoms with Crippen LogP contribution >= 0.6 is 23.2 Å². The molecule has 0 saturated heterocycles. The van der Waals surface area contributed by atoms with E-state index in [-0.39, 0.29) is 22.0 Å². The number of nitrogens with zero attached hydrogens (tertiary/aromatic N) is 3. The van der Waals surface area contributed by atoms with Gasteiger partial charge >= 0.3 is 0 Å². The van der Waals surface area contributed by atoms with Crippen molar-refractivity contribution in [1.82, 2.24) is 9.97 Å². The minimum absolute atomic E-state index is 0.138. The number of fused-ring (bicyclic) bond motifs is 1. The Morgan fingerprint density at radius 2 is 1.97 bits per heavy atom. The highest BCUT2D eigenvalue weighted by Gasteiger charge is 2.28. The first-order valence-electron chi connectivity index (χ1n) is 9.16. The van der Waals surface area contributed by atoms with Gasteiger partial charge in [0.1, 0.15) is 17.3 Å². The zero-order valence-corrected chi connectivity index (χ0v) is 17.1. The van der Waals surface area contributed by atoms with Gasteiger partial charge in [0.2, 0.25) is 0 Å². The van der Waals surface area contributed by atoms with Gasteiger partial charge in [-0.2, -0.15) is 5.10 Å². The van der Waals surface area contributed by atoms with Gasteiger partial charge in [-0.3, -0.25) is 4.79 Å². The van der Waals surface area contributed by atoms with Gasteiger partial charge in [-0.1, -0.05) is 60.5 Å². The summed E-state index contributed by atoms with van der Waals surface area (Å²) in [7, 11) is 0. The van der Waals surface area contributed by atoms with Crippen molar-refractivity contribution in [3.8, 4) is 5.75 Å². The van der Waals surface area contributed by atoms with Gasteiger partial charge in [-0.05, 0) is 18.1 Å². The summed E-state index contributed by atoms with van der Waals surface area (Å²) >= 11 is 12.4. The van der Waals surface area contributed by atoms with E-state index in [1.54, 1.807) is 0 Å². The van der Waals surface area contributed by atoms with Crippen LogP contribution in [0.3, 0.4) is 0 Å². The van der Waals surface area contributed by atoms with Crippen molar-refractivity contribution >= 4 is 40.4 Å². The Bertz CT molecular complexity index is 1140. The number of rotatable bonds is 4. The number of halogens is 2.